The zero-order valence-corrected chi connectivity index (χ0v) is 12.6. The smallest absolute Gasteiger partial charge is 0.224 e. The Bertz CT molecular complexity index is 598. The molecule has 6 heteroatoms. The normalized spacial score (nSPS) is 17.8. The van der Waals surface area contributed by atoms with E-state index >= 15 is 0 Å². The van der Waals surface area contributed by atoms with Gasteiger partial charge in [0.25, 0.3) is 0 Å². The third-order valence-corrected chi connectivity index (χ3v) is 4.39. The van der Waals surface area contributed by atoms with Crippen molar-refractivity contribution >= 4 is 15.9 Å². The molecule has 2 rings (SSSR count). The van der Waals surface area contributed by atoms with Crippen molar-refractivity contribution in [2.45, 2.75) is 25.3 Å². The number of sulfonamides is 1. The number of hydrogen-bond donors (Lipinski definition) is 1. The molecule has 0 saturated carbocycles. The van der Waals surface area contributed by atoms with E-state index in [0.29, 0.717) is 0 Å². The maximum absolute atomic E-state index is 12.1. The maximum Gasteiger partial charge on any atom is 0.224 e. The number of aryl methyl sites for hydroxylation is 1. The van der Waals surface area contributed by atoms with E-state index in [0.717, 1.165) is 19.1 Å². The average molecular weight is 296 g/mol. The van der Waals surface area contributed by atoms with Gasteiger partial charge in [0.1, 0.15) is 0 Å². The zero-order valence-electron chi connectivity index (χ0n) is 11.8. The van der Waals surface area contributed by atoms with Gasteiger partial charge in [-0.2, -0.15) is 0 Å². The lowest BCUT2D eigenvalue weighted by Crippen LogP contribution is -2.33. The van der Waals surface area contributed by atoms with Crippen molar-refractivity contribution in [3.05, 3.63) is 35.4 Å². The predicted octanol–water partition coefficient (Wildman–Crippen LogP) is 1.07. The van der Waals surface area contributed by atoms with Crippen molar-refractivity contribution in [3.63, 3.8) is 0 Å². The lowest BCUT2D eigenvalue weighted by molar-refractivity contribution is -0.131. The summed E-state index contributed by atoms with van der Waals surface area (Å²) in [6, 6.07) is 8.27. The number of carbonyl (C=O) groups excluding carboxylic acids is 1. The van der Waals surface area contributed by atoms with Crippen LogP contribution in [0.25, 0.3) is 0 Å². The van der Waals surface area contributed by atoms with E-state index in [9.17, 15) is 13.2 Å². The number of hydrogen-bond acceptors (Lipinski definition) is 3. The Morgan fingerprint density at radius 2 is 2.10 bits per heavy atom. The van der Waals surface area contributed by atoms with Crippen LogP contribution in [0.3, 0.4) is 0 Å². The molecule has 0 saturated heterocycles. The number of carbonyl (C=O) groups is 1. The van der Waals surface area contributed by atoms with Gasteiger partial charge in [-0.1, -0.05) is 24.3 Å². The third-order valence-electron chi connectivity index (χ3n) is 3.67. The second-order valence-electron chi connectivity index (χ2n) is 5.17. The molecule has 20 heavy (non-hydrogen) atoms. The lowest BCUT2D eigenvalue weighted by Gasteiger charge is -2.25. The molecule has 0 aliphatic heterocycles. The number of benzene rings is 1. The van der Waals surface area contributed by atoms with Crippen LogP contribution in [-0.2, 0) is 21.2 Å². The fourth-order valence-corrected chi connectivity index (χ4v) is 3.10. The van der Waals surface area contributed by atoms with Gasteiger partial charge in [0.05, 0.1) is 12.3 Å². The van der Waals surface area contributed by atoms with Gasteiger partial charge in [0, 0.05) is 20.0 Å². The van der Waals surface area contributed by atoms with E-state index in [1.807, 2.05) is 12.1 Å². The summed E-state index contributed by atoms with van der Waals surface area (Å²) in [5.74, 6) is -0.0390. The lowest BCUT2D eigenvalue weighted by atomic mass is 10.1. The van der Waals surface area contributed by atoms with Crippen LogP contribution in [-0.4, -0.2) is 39.1 Å². The van der Waals surface area contributed by atoms with E-state index in [1.54, 1.807) is 11.9 Å². The molecule has 1 aromatic rings. The number of rotatable bonds is 5. The van der Waals surface area contributed by atoms with Crippen molar-refractivity contribution < 1.29 is 13.2 Å². The van der Waals surface area contributed by atoms with Gasteiger partial charge < -0.3 is 4.90 Å². The average Bonchev–Trinajstić information content (AvgIpc) is 2.80. The first-order valence-electron chi connectivity index (χ1n) is 6.66. The van der Waals surface area contributed by atoms with Crippen LogP contribution >= 0.6 is 0 Å². The molecule has 0 bridgehead atoms. The van der Waals surface area contributed by atoms with Crippen molar-refractivity contribution in [2.24, 2.45) is 0 Å². The molecule has 1 amide bonds. The molecule has 110 valence electrons. The molecule has 5 nitrogen and oxygen atoms in total. The standard InChI is InChI=1S/C14H20N2O3S/c1-16(14(17)9-10-15-20(2,18)19)13-8-7-11-5-3-4-6-12(11)13/h3-6,13,15H,7-10H2,1-2H3. The van der Waals surface area contributed by atoms with Gasteiger partial charge >= 0.3 is 0 Å². The summed E-state index contributed by atoms with van der Waals surface area (Å²) < 4.78 is 24.3. The summed E-state index contributed by atoms with van der Waals surface area (Å²) in [7, 11) is -1.45. The maximum atomic E-state index is 12.1. The molecule has 1 unspecified atom stereocenters. The monoisotopic (exact) mass is 296 g/mol. The minimum absolute atomic E-state index is 0.0390. The summed E-state index contributed by atoms with van der Waals surface area (Å²) in [5.41, 5.74) is 2.51. The van der Waals surface area contributed by atoms with Crippen LogP contribution in [0, 0.1) is 0 Å². The van der Waals surface area contributed by atoms with Gasteiger partial charge in [-0.15, -0.1) is 0 Å². The van der Waals surface area contributed by atoms with Crippen molar-refractivity contribution in [3.8, 4) is 0 Å². The SMILES string of the molecule is CN(C(=O)CCNS(C)(=O)=O)C1CCc2ccccc21. The Balaban J connectivity index is 1.95. The molecular formula is C14H20N2O3S. The van der Waals surface area contributed by atoms with Gasteiger partial charge in [-0.25, -0.2) is 13.1 Å². The third kappa shape index (κ3) is 3.58. The molecular weight excluding hydrogens is 276 g/mol. The van der Waals surface area contributed by atoms with Gasteiger partial charge in [0.2, 0.25) is 15.9 Å². The van der Waals surface area contributed by atoms with E-state index in [4.69, 9.17) is 0 Å². The van der Waals surface area contributed by atoms with Crippen molar-refractivity contribution in [1.29, 1.82) is 0 Å². The minimum atomic E-state index is -3.23. The van der Waals surface area contributed by atoms with Gasteiger partial charge in [-0.3, -0.25) is 4.79 Å². The van der Waals surface area contributed by atoms with E-state index in [1.165, 1.54) is 11.1 Å². The van der Waals surface area contributed by atoms with Crippen LogP contribution in [0.2, 0.25) is 0 Å². The number of nitrogens with one attached hydrogen (secondary N) is 1. The number of nitrogens with zero attached hydrogens (tertiary/aromatic N) is 1. The first-order chi connectivity index (χ1) is 9.38. The molecule has 0 aromatic heterocycles. The molecule has 0 radical (unpaired) electrons. The molecule has 1 N–H and O–H groups in total. The van der Waals surface area contributed by atoms with E-state index in [2.05, 4.69) is 16.9 Å². The Morgan fingerprint density at radius 1 is 1.40 bits per heavy atom. The van der Waals surface area contributed by atoms with E-state index in [-0.39, 0.29) is 24.9 Å². The number of amides is 1. The molecule has 1 aliphatic carbocycles. The van der Waals surface area contributed by atoms with Crippen LogP contribution in [0.15, 0.2) is 24.3 Å². The second kappa shape index (κ2) is 5.93. The van der Waals surface area contributed by atoms with Crippen LogP contribution in [0.1, 0.15) is 30.0 Å². The highest BCUT2D eigenvalue weighted by Gasteiger charge is 2.27. The summed E-state index contributed by atoms with van der Waals surface area (Å²) >= 11 is 0. The first kappa shape index (κ1) is 15.0. The van der Waals surface area contributed by atoms with Gasteiger partial charge in [0.15, 0.2) is 0 Å². The van der Waals surface area contributed by atoms with Crippen molar-refractivity contribution in [2.75, 3.05) is 19.8 Å². The van der Waals surface area contributed by atoms with Crippen LogP contribution < -0.4 is 4.72 Å². The van der Waals surface area contributed by atoms with E-state index < -0.39 is 10.0 Å². The predicted molar refractivity (Wildman–Crippen MR) is 77.7 cm³/mol. The fraction of sp³-hybridized carbons (Fsp3) is 0.500. The molecule has 0 fully saturated rings. The van der Waals surface area contributed by atoms with Crippen LogP contribution in [0.4, 0.5) is 0 Å². The van der Waals surface area contributed by atoms with Crippen LogP contribution in [0.5, 0.6) is 0 Å². The fourth-order valence-electron chi connectivity index (χ4n) is 2.63. The molecule has 0 spiro atoms. The summed E-state index contributed by atoms with van der Waals surface area (Å²) in [5, 5.41) is 0. The molecule has 0 heterocycles. The Labute approximate surface area is 120 Å². The zero-order chi connectivity index (χ0) is 14.8. The number of fused-ring (bicyclic) bond motifs is 1. The Morgan fingerprint density at radius 3 is 2.80 bits per heavy atom. The molecule has 1 aromatic carbocycles. The Kier molecular flexibility index (Phi) is 4.45. The highest BCUT2D eigenvalue weighted by molar-refractivity contribution is 7.88. The quantitative estimate of drug-likeness (QED) is 0.884. The Hall–Kier alpha value is -1.40. The molecule has 1 aliphatic rings. The second-order valence-corrected chi connectivity index (χ2v) is 7.01. The molecule has 1 atom stereocenters. The topological polar surface area (TPSA) is 66.5 Å². The largest absolute Gasteiger partial charge is 0.339 e. The summed E-state index contributed by atoms with van der Waals surface area (Å²) in [6.07, 6.45) is 3.19. The summed E-state index contributed by atoms with van der Waals surface area (Å²) in [6.45, 7) is 0.149. The highest BCUT2D eigenvalue weighted by atomic mass is 32.2. The first-order valence-corrected chi connectivity index (χ1v) is 8.56. The van der Waals surface area contributed by atoms with Crippen molar-refractivity contribution in [1.82, 2.24) is 9.62 Å². The minimum Gasteiger partial charge on any atom is -0.339 e. The summed E-state index contributed by atoms with van der Waals surface area (Å²) in [4.78, 5) is 13.8. The van der Waals surface area contributed by atoms with Gasteiger partial charge in [-0.05, 0) is 24.0 Å². The highest BCUT2D eigenvalue weighted by Crippen LogP contribution is 2.34.